The molecular formula is C22H25N3O4S. The van der Waals surface area contributed by atoms with Gasteiger partial charge in [0.2, 0.25) is 5.91 Å². The van der Waals surface area contributed by atoms with Gasteiger partial charge in [0.05, 0.1) is 4.90 Å². The van der Waals surface area contributed by atoms with E-state index in [-0.39, 0.29) is 16.7 Å². The van der Waals surface area contributed by atoms with Gasteiger partial charge in [-0.05, 0) is 74.3 Å². The Morgan fingerprint density at radius 1 is 1.03 bits per heavy atom. The Bertz CT molecular complexity index is 998. The number of piperidine rings is 1. The van der Waals surface area contributed by atoms with Gasteiger partial charge in [0.25, 0.3) is 5.91 Å². The minimum atomic E-state index is -3.85. The highest BCUT2D eigenvalue weighted by molar-refractivity contribution is 7.92. The lowest BCUT2D eigenvalue weighted by Gasteiger charge is -2.31. The maximum atomic E-state index is 13.4. The van der Waals surface area contributed by atoms with Crippen molar-refractivity contribution < 1.29 is 18.0 Å². The first-order valence-electron chi connectivity index (χ1n) is 9.76. The SMILES string of the molecule is C=CC(=O)Nc1ccc(S(=O)(=O)C(NC(=O)c2ccccc2)C2CCNCC2)cc1. The lowest BCUT2D eigenvalue weighted by atomic mass is 9.97. The van der Waals surface area contributed by atoms with Crippen molar-refractivity contribution in [3.8, 4) is 0 Å². The molecule has 3 N–H and O–H groups in total. The van der Waals surface area contributed by atoms with E-state index in [9.17, 15) is 18.0 Å². The molecule has 0 spiro atoms. The molecule has 0 bridgehead atoms. The number of hydrogen-bond donors (Lipinski definition) is 3. The molecule has 2 aromatic carbocycles. The fraction of sp³-hybridized carbons (Fsp3) is 0.273. The molecule has 3 rings (SSSR count). The fourth-order valence-electron chi connectivity index (χ4n) is 3.47. The Labute approximate surface area is 176 Å². The van der Waals surface area contributed by atoms with Crippen LogP contribution in [0.15, 0.2) is 72.1 Å². The topological polar surface area (TPSA) is 104 Å². The van der Waals surface area contributed by atoms with Gasteiger partial charge in [-0.15, -0.1) is 0 Å². The minimum absolute atomic E-state index is 0.0935. The first-order valence-corrected chi connectivity index (χ1v) is 11.3. The van der Waals surface area contributed by atoms with Crippen molar-refractivity contribution in [3.05, 3.63) is 72.8 Å². The molecule has 0 aromatic heterocycles. The molecule has 1 aliphatic heterocycles. The Morgan fingerprint density at radius 3 is 2.27 bits per heavy atom. The van der Waals surface area contributed by atoms with E-state index in [4.69, 9.17) is 0 Å². The summed E-state index contributed by atoms with van der Waals surface area (Å²) in [5.41, 5.74) is 0.875. The van der Waals surface area contributed by atoms with Crippen LogP contribution < -0.4 is 16.0 Å². The minimum Gasteiger partial charge on any atom is -0.335 e. The molecule has 0 aliphatic carbocycles. The van der Waals surface area contributed by atoms with Crippen LogP contribution in [0.3, 0.4) is 0 Å². The number of amides is 2. The van der Waals surface area contributed by atoms with Gasteiger partial charge in [-0.2, -0.15) is 0 Å². The van der Waals surface area contributed by atoms with Gasteiger partial charge in [-0.1, -0.05) is 24.8 Å². The Morgan fingerprint density at radius 2 is 1.67 bits per heavy atom. The summed E-state index contributed by atoms with van der Waals surface area (Å²) in [6, 6.07) is 14.5. The molecule has 1 fully saturated rings. The Kier molecular flexibility index (Phi) is 7.02. The molecule has 158 valence electrons. The first kappa shape index (κ1) is 21.7. The molecule has 8 heteroatoms. The molecule has 2 amide bonds. The van der Waals surface area contributed by atoms with Crippen LogP contribution in [0.4, 0.5) is 5.69 Å². The first-order chi connectivity index (χ1) is 14.4. The molecule has 1 saturated heterocycles. The van der Waals surface area contributed by atoms with Crippen LogP contribution in [0.1, 0.15) is 23.2 Å². The third kappa shape index (κ3) is 5.14. The monoisotopic (exact) mass is 427 g/mol. The van der Waals surface area contributed by atoms with E-state index < -0.39 is 21.1 Å². The number of hydrogen-bond acceptors (Lipinski definition) is 5. The van der Waals surface area contributed by atoms with Crippen molar-refractivity contribution in [2.45, 2.75) is 23.1 Å². The van der Waals surface area contributed by atoms with E-state index in [0.29, 0.717) is 37.2 Å². The van der Waals surface area contributed by atoms with Gasteiger partial charge in [0, 0.05) is 11.3 Å². The second kappa shape index (κ2) is 9.69. The van der Waals surface area contributed by atoms with E-state index in [2.05, 4.69) is 22.5 Å². The van der Waals surface area contributed by atoms with E-state index >= 15 is 0 Å². The zero-order valence-corrected chi connectivity index (χ0v) is 17.3. The molecule has 1 unspecified atom stereocenters. The quantitative estimate of drug-likeness (QED) is 0.589. The molecule has 0 saturated carbocycles. The number of nitrogens with one attached hydrogen (secondary N) is 3. The second-order valence-corrected chi connectivity index (χ2v) is 9.18. The van der Waals surface area contributed by atoms with Crippen LogP contribution in [0.2, 0.25) is 0 Å². The van der Waals surface area contributed by atoms with Crippen molar-refractivity contribution in [2.75, 3.05) is 18.4 Å². The fourth-order valence-corrected chi connectivity index (χ4v) is 5.32. The average Bonchev–Trinajstić information content (AvgIpc) is 2.78. The number of benzene rings is 2. The smallest absolute Gasteiger partial charge is 0.252 e. The summed E-state index contributed by atoms with van der Waals surface area (Å²) >= 11 is 0. The third-order valence-electron chi connectivity index (χ3n) is 5.09. The second-order valence-electron chi connectivity index (χ2n) is 7.11. The van der Waals surface area contributed by atoms with Crippen LogP contribution >= 0.6 is 0 Å². The predicted molar refractivity (Wildman–Crippen MR) is 116 cm³/mol. The number of sulfone groups is 1. The van der Waals surface area contributed by atoms with Crippen molar-refractivity contribution in [1.82, 2.24) is 10.6 Å². The molecule has 1 atom stereocenters. The summed E-state index contributed by atoms with van der Waals surface area (Å²) < 4.78 is 26.9. The maximum Gasteiger partial charge on any atom is 0.252 e. The molecular weight excluding hydrogens is 402 g/mol. The highest BCUT2D eigenvalue weighted by Gasteiger charge is 2.36. The van der Waals surface area contributed by atoms with Gasteiger partial charge in [-0.3, -0.25) is 9.59 Å². The summed E-state index contributed by atoms with van der Waals surface area (Å²) in [6.07, 6.45) is 2.43. The number of anilines is 1. The van der Waals surface area contributed by atoms with Gasteiger partial charge < -0.3 is 16.0 Å². The van der Waals surface area contributed by atoms with Crippen molar-refractivity contribution in [3.63, 3.8) is 0 Å². The van der Waals surface area contributed by atoms with Gasteiger partial charge in [0.1, 0.15) is 5.37 Å². The molecule has 0 radical (unpaired) electrons. The molecule has 1 heterocycles. The van der Waals surface area contributed by atoms with E-state index in [1.54, 1.807) is 30.3 Å². The predicted octanol–water partition coefficient (Wildman–Crippen LogP) is 2.34. The van der Waals surface area contributed by atoms with Crippen LogP contribution in [-0.2, 0) is 14.6 Å². The summed E-state index contributed by atoms with van der Waals surface area (Å²) in [6.45, 7) is 4.79. The zero-order chi connectivity index (χ0) is 21.6. The third-order valence-corrected chi connectivity index (χ3v) is 7.19. The lowest BCUT2D eigenvalue weighted by Crippen LogP contribution is -2.48. The van der Waals surface area contributed by atoms with Crippen LogP contribution in [0.5, 0.6) is 0 Å². The Hall–Kier alpha value is -2.97. The largest absolute Gasteiger partial charge is 0.335 e. The van der Waals surface area contributed by atoms with Crippen molar-refractivity contribution >= 4 is 27.3 Å². The van der Waals surface area contributed by atoms with Crippen LogP contribution in [0, 0.1) is 5.92 Å². The normalized spacial score (nSPS) is 15.7. The summed E-state index contributed by atoms with van der Waals surface area (Å²) in [5, 5.41) is 7.53. The van der Waals surface area contributed by atoms with Gasteiger partial charge in [0.15, 0.2) is 9.84 Å². The molecule has 30 heavy (non-hydrogen) atoms. The van der Waals surface area contributed by atoms with Crippen LogP contribution in [-0.4, -0.2) is 38.7 Å². The summed E-state index contributed by atoms with van der Waals surface area (Å²) in [5.74, 6) is -1.00. The summed E-state index contributed by atoms with van der Waals surface area (Å²) in [4.78, 5) is 24.3. The van der Waals surface area contributed by atoms with Crippen molar-refractivity contribution in [1.29, 1.82) is 0 Å². The highest BCUT2D eigenvalue weighted by atomic mass is 32.2. The van der Waals surface area contributed by atoms with Crippen molar-refractivity contribution in [2.24, 2.45) is 5.92 Å². The number of carbonyl (C=O) groups is 2. The number of rotatable bonds is 7. The summed E-state index contributed by atoms with van der Waals surface area (Å²) in [7, 11) is -3.85. The molecule has 1 aliphatic rings. The standard InChI is InChI=1S/C22H25N3O4S/c1-2-20(26)24-18-8-10-19(11-9-18)30(28,29)22(17-12-14-23-15-13-17)25-21(27)16-6-4-3-5-7-16/h2-11,17,22-23H,1,12-15H2,(H,24,26)(H,25,27). The Balaban J connectivity index is 1.88. The van der Waals surface area contributed by atoms with E-state index in [1.165, 1.54) is 24.3 Å². The van der Waals surface area contributed by atoms with E-state index in [0.717, 1.165) is 6.08 Å². The average molecular weight is 428 g/mol. The molecule has 2 aromatic rings. The van der Waals surface area contributed by atoms with Gasteiger partial charge in [-0.25, -0.2) is 8.42 Å². The van der Waals surface area contributed by atoms with Crippen LogP contribution in [0.25, 0.3) is 0 Å². The zero-order valence-electron chi connectivity index (χ0n) is 16.5. The molecule has 7 nitrogen and oxygen atoms in total. The lowest BCUT2D eigenvalue weighted by molar-refractivity contribution is -0.111. The maximum absolute atomic E-state index is 13.4. The van der Waals surface area contributed by atoms with E-state index in [1.807, 2.05) is 0 Å². The van der Waals surface area contributed by atoms with Gasteiger partial charge >= 0.3 is 0 Å². The number of carbonyl (C=O) groups excluding carboxylic acids is 2. The highest BCUT2D eigenvalue weighted by Crippen LogP contribution is 2.27.